The number of nitrogen functional groups attached to an aromatic ring is 1. The summed E-state index contributed by atoms with van der Waals surface area (Å²) in [7, 11) is 0. The molecular formula is C10H11Cl2NO. The minimum Gasteiger partial charge on any atom is -0.486 e. The van der Waals surface area contributed by atoms with E-state index in [1.807, 2.05) is 6.92 Å². The smallest absolute Gasteiger partial charge is 0.161 e. The highest BCUT2D eigenvalue weighted by Gasteiger charge is 2.07. The summed E-state index contributed by atoms with van der Waals surface area (Å²) < 4.78 is 5.37. The largest absolute Gasteiger partial charge is 0.486 e. The zero-order valence-electron chi connectivity index (χ0n) is 7.81. The molecule has 0 aliphatic heterocycles. The summed E-state index contributed by atoms with van der Waals surface area (Å²) in [6, 6.07) is 3.19. The summed E-state index contributed by atoms with van der Waals surface area (Å²) in [5.74, 6) is 0.457. The minimum atomic E-state index is 0.394. The molecule has 0 unspecified atom stereocenters. The van der Waals surface area contributed by atoms with E-state index in [1.54, 1.807) is 12.1 Å². The van der Waals surface area contributed by atoms with Crippen LogP contribution in [0.15, 0.2) is 24.3 Å². The summed E-state index contributed by atoms with van der Waals surface area (Å²) in [4.78, 5) is 0. The van der Waals surface area contributed by atoms with Crippen molar-refractivity contribution in [2.75, 3.05) is 12.3 Å². The molecule has 14 heavy (non-hydrogen) atoms. The first kappa shape index (κ1) is 11.2. The Labute approximate surface area is 93.3 Å². The Balaban J connectivity index is 2.91. The molecule has 0 radical (unpaired) electrons. The molecule has 4 heteroatoms. The number of ether oxygens (including phenoxy) is 1. The summed E-state index contributed by atoms with van der Waals surface area (Å²) in [5.41, 5.74) is 7.02. The molecule has 1 rings (SSSR count). The SMILES string of the molecule is C=C(C)COc1c(N)cc(Cl)cc1Cl. The fourth-order valence-electron chi connectivity index (χ4n) is 0.928. The maximum absolute atomic E-state index is 5.90. The third kappa shape index (κ3) is 2.82. The average Bonchev–Trinajstić information content (AvgIpc) is 2.01. The molecule has 0 aliphatic carbocycles. The molecule has 0 aliphatic rings. The lowest BCUT2D eigenvalue weighted by atomic mass is 10.3. The Kier molecular flexibility index (Phi) is 3.67. The summed E-state index contributed by atoms with van der Waals surface area (Å²) in [5, 5.41) is 0.909. The topological polar surface area (TPSA) is 35.2 Å². The van der Waals surface area contributed by atoms with Crippen LogP contribution < -0.4 is 10.5 Å². The van der Waals surface area contributed by atoms with Gasteiger partial charge in [0.1, 0.15) is 6.61 Å². The molecule has 0 fully saturated rings. The lowest BCUT2D eigenvalue weighted by molar-refractivity contribution is 0.355. The monoisotopic (exact) mass is 231 g/mol. The van der Waals surface area contributed by atoms with Crippen molar-refractivity contribution in [3.05, 3.63) is 34.3 Å². The van der Waals surface area contributed by atoms with Gasteiger partial charge in [-0.15, -0.1) is 0 Å². The van der Waals surface area contributed by atoms with Crippen molar-refractivity contribution in [2.45, 2.75) is 6.92 Å². The van der Waals surface area contributed by atoms with Crippen molar-refractivity contribution in [1.29, 1.82) is 0 Å². The van der Waals surface area contributed by atoms with E-state index in [0.717, 1.165) is 5.57 Å². The molecule has 1 aromatic rings. The first-order chi connectivity index (χ1) is 6.50. The number of rotatable bonds is 3. The molecule has 0 aromatic heterocycles. The van der Waals surface area contributed by atoms with E-state index in [-0.39, 0.29) is 0 Å². The van der Waals surface area contributed by atoms with Gasteiger partial charge in [0, 0.05) is 5.02 Å². The van der Waals surface area contributed by atoms with Crippen molar-refractivity contribution in [3.63, 3.8) is 0 Å². The van der Waals surface area contributed by atoms with Crippen LogP contribution in [0.5, 0.6) is 5.75 Å². The van der Waals surface area contributed by atoms with Crippen LogP contribution in [-0.2, 0) is 0 Å². The lowest BCUT2D eigenvalue weighted by Gasteiger charge is -2.10. The van der Waals surface area contributed by atoms with Crippen LogP contribution in [0.3, 0.4) is 0 Å². The molecule has 0 amide bonds. The fraction of sp³-hybridized carbons (Fsp3) is 0.200. The molecule has 0 saturated carbocycles. The first-order valence-corrected chi connectivity index (χ1v) is 4.78. The first-order valence-electron chi connectivity index (χ1n) is 4.02. The number of benzene rings is 1. The molecule has 2 nitrogen and oxygen atoms in total. The number of hydrogen-bond acceptors (Lipinski definition) is 2. The van der Waals surface area contributed by atoms with E-state index in [9.17, 15) is 0 Å². The van der Waals surface area contributed by atoms with Crippen molar-refractivity contribution in [1.82, 2.24) is 0 Å². The van der Waals surface area contributed by atoms with Gasteiger partial charge in [-0.1, -0.05) is 29.8 Å². The van der Waals surface area contributed by atoms with Gasteiger partial charge in [0.15, 0.2) is 5.75 Å². The van der Waals surface area contributed by atoms with Crippen LogP contribution in [0.2, 0.25) is 10.0 Å². The highest BCUT2D eigenvalue weighted by Crippen LogP contribution is 2.34. The predicted octanol–water partition coefficient (Wildman–Crippen LogP) is 3.53. The second kappa shape index (κ2) is 4.58. The lowest BCUT2D eigenvalue weighted by Crippen LogP contribution is -2.01. The van der Waals surface area contributed by atoms with Crippen LogP contribution in [0.4, 0.5) is 5.69 Å². The third-order valence-corrected chi connectivity index (χ3v) is 2.00. The molecule has 0 saturated heterocycles. The van der Waals surface area contributed by atoms with Crippen molar-refractivity contribution >= 4 is 28.9 Å². The maximum atomic E-state index is 5.90. The molecule has 0 bridgehead atoms. The number of halogens is 2. The van der Waals surface area contributed by atoms with Crippen LogP contribution in [0.25, 0.3) is 0 Å². The normalized spacial score (nSPS) is 9.93. The molecule has 2 N–H and O–H groups in total. The Bertz CT molecular complexity index is 340. The number of hydrogen-bond donors (Lipinski definition) is 1. The Hall–Kier alpha value is -0.860. The zero-order chi connectivity index (χ0) is 10.7. The molecule has 0 heterocycles. The van der Waals surface area contributed by atoms with E-state index in [4.69, 9.17) is 33.7 Å². The summed E-state index contributed by atoms with van der Waals surface area (Å²) in [6.45, 7) is 5.97. The van der Waals surface area contributed by atoms with Crippen molar-refractivity contribution in [3.8, 4) is 5.75 Å². The molecule has 76 valence electrons. The van der Waals surface area contributed by atoms with E-state index < -0.39 is 0 Å². The van der Waals surface area contributed by atoms with E-state index in [2.05, 4.69) is 6.58 Å². The van der Waals surface area contributed by atoms with E-state index in [0.29, 0.717) is 28.1 Å². The van der Waals surface area contributed by atoms with E-state index >= 15 is 0 Å². The molecular weight excluding hydrogens is 221 g/mol. The predicted molar refractivity (Wildman–Crippen MR) is 61.2 cm³/mol. The fourth-order valence-corrected chi connectivity index (χ4v) is 1.49. The molecule has 0 atom stereocenters. The zero-order valence-corrected chi connectivity index (χ0v) is 9.32. The van der Waals surface area contributed by atoms with Gasteiger partial charge in [0.05, 0.1) is 10.7 Å². The second-order valence-corrected chi connectivity index (χ2v) is 3.90. The Morgan fingerprint density at radius 1 is 1.50 bits per heavy atom. The quantitative estimate of drug-likeness (QED) is 0.639. The van der Waals surface area contributed by atoms with Gasteiger partial charge in [-0.2, -0.15) is 0 Å². The van der Waals surface area contributed by atoms with Crippen LogP contribution in [0, 0.1) is 0 Å². The van der Waals surface area contributed by atoms with Crippen molar-refractivity contribution < 1.29 is 4.74 Å². The van der Waals surface area contributed by atoms with Gasteiger partial charge in [0.2, 0.25) is 0 Å². The van der Waals surface area contributed by atoms with Crippen LogP contribution in [0.1, 0.15) is 6.92 Å². The second-order valence-electron chi connectivity index (χ2n) is 3.05. The van der Waals surface area contributed by atoms with Gasteiger partial charge in [-0.05, 0) is 24.6 Å². The van der Waals surface area contributed by atoms with Gasteiger partial charge in [-0.25, -0.2) is 0 Å². The van der Waals surface area contributed by atoms with Gasteiger partial charge >= 0.3 is 0 Å². The number of nitrogens with two attached hydrogens (primary N) is 1. The average molecular weight is 232 g/mol. The summed E-state index contributed by atoms with van der Waals surface area (Å²) >= 11 is 11.6. The highest BCUT2D eigenvalue weighted by atomic mass is 35.5. The highest BCUT2D eigenvalue weighted by molar-refractivity contribution is 6.36. The van der Waals surface area contributed by atoms with Gasteiger partial charge < -0.3 is 10.5 Å². The minimum absolute atomic E-state index is 0.394. The maximum Gasteiger partial charge on any atom is 0.161 e. The van der Waals surface area contributed by atoms with Gasteiger partial charge in [0.25, 0.3) is 0 Å². The molecule has 0 spiro atoms. The summed E-state index contributed by atoms with van der Waals surface area (Å²) in [6.07, 6.45) is 0. The Morgan fingerprint density at radius 3 is 2.64 bits per heavy atom. The third-order valence-electron chi connectivity index (χ3n) is 1.50. The Morgan fingerprint density at radius 2 is 2.14 bits per heavy atom. The van der Waals surface area contributed by atoms with Gasteiger partial charge in [-0.3, -0.25) is 0 Å². The molecule has 1 aromatic carbocycles. The number of anilines is 1. The van der Waals surface area contributed by atoms with Crippen LogP contribution in [-0.4, -0.2) is 6.61 Å². The van der Waals surface area contributed by atoms with Crippen LogP contribution >= 0.6 is 23.2 Å². The van der Waals surface area contributed by atoms with Crippen molar-refractivity contribution in [2.24, 2.45) is 0 Å². The standard InChI is InChI=1S/C10H11Cl2NO/c1-6(2)5-14-10-8(12)3-7(11)4-9(10)13/h3-4H,1,5,13H2,2H3. The van der Waals surface area contributed by atoms with E-state index in [1.165, 1.54) is 0 Å².